The van der Waals surface area contributed by atoms with Crippen LogP contribution in [0.15, 0.2) is 30.6 Å². The van der Waals surface area contributed by atoms with Gasteiger partial charge in [-0.25, -0.2) is 0 Å². The zero-order chi connectivity index (χ0) is 13.2. The number of rotatable bonds is 2. The average Bonchev–Trinajstić information content (AvgIpc) is 2.47. The molecule has 0 saturated carbocycles. The molecule has 6 nitrogen and oxygen atoms in total. The van der Waals surface area contributed by atoms with Crippen molar-refractivity contribution in [2.45, 2.75) is 0 Å². The number of benzene rings is 1. The summed E-state index contributed by atoms with van der Waals surface area (Å²) in [5, 5.41) is 15.9. The summed E-state index contributed by atoms with van der Waals surface area (Å²) in [5.74, 6) is 0. The molecule has 1 N–H and O–H groups in total. The van der Waals surface area contributed by atoms with Gasteiger partial charge in [-0.3, -0.25) is 15.1 Å². The fraction of sp³-hybridized carbons (Fsp3) is 0.308. The highest BCUT2D eigenvalue weighted by molar-refractivity contribution is 5.99. The first-order valence-electron chi connectivity index (χ1n) is 6.24. The fourth-order valence-corrected chi connectivity index (χ4v) is 2.50. The summed E-state index contributed by atoms with van der Waals surface area (Å²) in [6, 6.07) is 5.12. The van der Waals surface area contributed by atoms with Crippen molar-refractivity contribution in [2.24, 2.45) is 0 Å². The number of nitro groups is 1. The van der Waals surface area contributed by atoms with Crippen molar-refractivity contribution in [2.75, 3.05) is 31.1 Å². The van der Waals surface area contributed by atoms with Crippen LogP contribution in [0.4, 0.5) is 11.4 Å². The summed E-state index contributed by atoms with van der Waals surface area (Å²) in [5.41, 5.74) is 1.16. The number of piperazine rings is 1. The predicted molar refractivity (Wildman–Crippen MR) is 73.5 cm³/mol. The fourth-order valence-electron chi connectivity index (χ4n) is 2.50. The van der Waals surface area contributed by atoms with Crippen LogP contribution < -0.4 is 10.2 Å². The minimum absolute atomic E-state index is 0.135. The number of anilines is 1. The van der Waals surface area contributed by atoms with E-state index in [4.69, 9.17) is 0 Å². The van der Waals surface area contributed by atoms with E-state index in [9.17, 15) is 10.1 Å². The highest BCUT2D eigenvalue weighted by atomic mass is 16.6. The number of fused-ring (bicyclic) bond motifs is 1. The summed E-state index contributed by atoms with van der Waals surface area (Å²) in [6.07, 6.45) is 3.30. The minimum atomic E-state index is -0.343. The molecular weight excluding hydrogens is 244 g/mol. The van der Waals surface area contributed by atoms with Crippen molar-refractivity contribution in [1.29, 1.82) is 0 Å². The molecule has 1 saturated heterocycles. The molecule has 2 heterocycles. The zero-order valence-electron chi connectivity index (χ0n) is 10.4. The van der Waals surface area contributed by atoms with Gasteiger partial charge in [0.05, 0.1) is 10.3 Å². The topological polar surface area (TPSA) is 71.3 Å². The van der Waals surface area contributed by atoms with E-state index < -0.39 is 0 Å². The van der Waals surface area contributed by atoms with Gasteiger partial charge in [0.15, 0.2) is 0 Å². The number of non-ortho nitro benzene ring substituents is 1. The maximum absolute atomic E-state index is 11.1. The van der Waals surface area contributed by atoms with Crippen LogP contribution >= 0.6 is 0 Å². The van der Waals surface area contributed by atoms with Crippen molar-refractivity contribution in [1.82, 2.24) is 10.3 Å². The minimum Gasteiger partial charge on any atom is -0.368 e. The lowest BCUT2D eigenvalue weighted by atomic mass is 10.1. The summed E-state index contributed by atoms with van der Waals surface area (Å²) in [6.45, 7) is 3.67. The maximum atomic E-state index is 11.1. The predicted octanol–water partition coefficient (Wildman–Crippen LogP) is 1.55. The molecule has 2 aromatic rings. The van der Waals surface area contributed by atoms with Gasteiger partial charge in [-0.2, -0.15) is 0 Å². The van der Waals surface area contributed by atoms with E-state index >= 15 is 0 Å². The molecule has 1 aromatic heterocycles. The van der Waals surface area contributed by atoms with Gasteiger partial charge in [-0.05, 0) is 12.1 Å². The van der Waals surface area contributed by atoms with Crippen LogP contribution in [0, 0.1) is 10.1 Å². The average molecular weight is 258 g/mol. The molecule has 0 aliphatic carbocycles. The van der Waals surface area contributed by atoms with Gasteiger partial charge in [0.2, 0.25) is 0 Å². The molecular formula is C13H14N4O2. The van der Waals surface area contributed by atoms with Gasteiger partial charge in [0.1, 0.15) is 0 Å². The molecule has 0 amide bonds. The largest absolute Gasteiger partial charge is 0.368 e. The summed E-state index contributed by atoms with van der Waals surface area (Å²) < 4.78 is 0. The molecule has 0 unspecified atom stereocenters. The van der Waals surface area contributed by atoms with Crippen molar-refractivity contribution in [3.8, 4) is 0 Å². The SMILES string of the molecule is O=[N+]([O-])c1ccc(N2CCNCC2)c2cnccc12. The lowest BCUT2D eigenvalue weighted by Crippen LogP contribution is -2.43. The number of pyridine rings is 1. The normalized spacial score (nSPS) is 15.7. The van der Waals surface area contributed by atoms with Crippen LogP contribution in [0.1, 0.15) is 0 Å². The van der Waals surface area contributed by atoms with Gasteiger partial charge in [-0.15, -0.1) is 0 Å². The molecule has 1 fully saturated rings. The Morgan fingerprint density at radius 2 is 2.00 bits per heavy atom. The van der Waals surface area contributed by atoms with E-state index in [-0.39, 0.29) is 10.6 Å². The van der Waals surface area contributed by atoms with E-state index in [2.05, 4.69) is 15.2 Å². The second kappa shape index (κ2) is 4.81. The van der Waals surface area contributed by atoms with E-state index in [1.54, 1.807) is 24.5 Å². The van der Waals surface area contributed by atoms with Gasteiger partial charge < -0.3 is 10.2 Å². The Morgan fingerprint density at radius 3 is 2.74 bits per heavy atom. The van der Waals surface area contributed by atoms with Crippen molar-refractivity contribution in [3.63, 3.8) is 0 Å². The number of nitro benzene ring substituents is 1. The quantitative estimate of drug-likeness (QED) is 0.653. The third-order valence-corrected chi connectivity index (χ3v) is 3.43. The van der Waals surface area contributed by atoms with E-state index in [0.717, 1.165) is 37.3 Å². The van der Waals surface area contributed by atoms with Crippen molar-refractivity contribution in [3.05, 3.63) is 40.7 Å². The van der Waals surface area contributed by atoms with Gasteiger partial charge in [0, 0.05) is 55.7 Å². The molecule has 1 aliphatic heterocycles. The highest BCUT2D eigenvalue weighted by Crippen LogP contribution is 2.32. The molecule has 1 aliphatic rings. The number of nitrogens with zero attached hydrogens (tertiary/aromatic N) is 3. The summed E-state index contributed by atoms with van der Waals surface area (Å²) in [4.78, 5) is 17.1. The number of nitrogens with one attached hydrogen (secondary N) is 1. The van der Waals surface area contributed by atoms with E-state index in [1.807, 2.05) is 6.07 Å². The third-order valence-electron chi connectivity index (χ3n) is 3.43. The van der Waals surface area contributed by atoms with E-state index in [0.29, 0.717) is 5.39 Å². The first kappa shape index (κ1) is 11.9. The molecule has 0 radical (unpaired) electrons. The monoisotopic (exact) mass is 258 g/mol. The Hall–Kier alpha value is -2.21. The molecule has 0 bridgehead atoms. The summed E-state index contributed by atoms with van der Waals surface area (Å²) in [7, 11) is 0. The lowest BCUT2D eigenvalue weighted by molar-refractivity contribution is -0.383. The Bertz CT molecular complexity index is 623. The zero-order valence-corrected chi connectivity index (χ0v) is 10.4. The van der Waals surface area contributed by atoms with Crippen LogP contribution in [-0.2, 0) is 0 Å². The number of hydrogen-bond donors (Lipinski definition) is 1. The van der Waals surface area contributed by atoms with Crippen LogP contribution in [0.25, 0.3) is 10.8 Å². The molecule has 3 rings (SSSR count). The molecule has 0 spiro atoms. The first-order valence-corrected chi connectivity index (χ1v) is 6.24. The van der Waals surface area contributed by atoms with Crippen molar-refractivity contribution >= 4 is 22.1 Å². The number of aromatic nitrogens is 1. The van der Waals surface area contributed by atoms with Crippen LogP contribution in [0.5, 0.6) is 0 Å². The molecule has 6 heteroatoms. The Kier molecular flexibility index (Phi) is 3.00. The molecule has 0 atom stereocenters. The lowest BCUT2D eigenvalue weighted by Gasteiger charge is -2.30. The highest BCUT2D eigenvalue weighted by Gasteiger charge is 2.18. The van der Waals surface area contributed by atoms with Crippen molar-refractivity contribution < 1.29 is 4.92 Å². The van der Waals surface area contributed by atoms with Crippen LogP contribution in [0.2, 0.25) is 0 Å². The molecule has 98 valence electrons. The molecule has 19 heavy (non-hydrogen) atoms. The first-order chi connectivity index (χ1) is 9.27. The number of hydrogen-bond acceptors (Lipinski definition) is 5. The van der Waals surface area contributed by atoms with Gasteiger partial charge in [-0.1, -0.05) is 0 Å². The Morgan fingerprint density at radius 1 is 1.21 bits per heavy atom. The third kappa shape index (κ3) is 2.10. The smallest absolute Gasteiger partial charge is 0.277 e. The maximum Gasteiger partial charge on any atom is 0.277 e. The standard InChI is InChI=1S/C13H14N4O2/c18-17(19)13-2-1-12(16-7-5-14-6-8-16)11-9-15-4-3-10(11)13/h1-4,9,14H,5-8H2. The van der Waals surface area contributed by atoms with Crippen LogP contribution in [-0.4, -0.2) is 36.1 Å². The van der Waals surface area contributed by atoms with E-state index in [1.165, 1.54) is 0 Å². The second-order valence-electron chi connectivity index (χ2n) is 4.52. The second-order valence-corrected chi connectivity index (χ2v) is 4.52. The van der Waals surface area contributed by atoms with Gasteiger partial charge >= 0.3 is 0 Å². The Balaban J connectivity index is 2.15. The Labute approximate surface area is 110 Å². The summed E-state index contributed by atoms with van der Waals surface area (Å²) >= 11 is 0. The molecule has 1 aromatic carbocycles. The van der Waals surface area contributed by atoms with Crippen LogP contribution in [0.3, 0.4) is 0 Å². The van der Waals surface area contributed by atoms with Gasteiger partial charge in [0.25, 0.3) is 5.69 Å².